The van der Waals surface area contributed by atoms with Gasteiger partial charge in [0.05, 0.1) is 9.21 Å². The van der Waals surface area contributed by atoms with Gasteiger partial charge in [0.25, 0.3) is 11.8 Å². The molecule has 19 heavy (non-hydrogen) atoms. The zero-order chi connectivity index (χ0) is 13.8. The maximum Gasteiger partial charge on any atom is 0.279 e. The number of carbonyl (C=O) groups excluding carboxylic acids is 2. The second kappa shape index (κ2) is 5.81. The minimum atomic E-state index is -0.531. The van der Waals surface area contributed by atoms with E-state index in [0.29, 0.717) is 9.21 Å². The average molecular weight is 299 g/mol. The summed E-state index contributed by atoms with van der Waals surface area (Å²) in [7, 11) is 0. The van der Waals surface area contributed by atoms with Crippen LogP contribution in [-0.4, -0.2) is 11.8 Å². The highest BCUT2D eigenvalue weighted by Crippen LogP contribution is 2.20. The van der Waals surface area contributed by atoms with Gasteiger partial charge in [0.15, 0.2) is 0 Å². The van der Waals surface area contributed by atoms with Crippen LogP contribution in [0.25, 0.3) is 0 Å². The monoisotopic (exact) mass is 298 g/mol. The van der Waals surface area contributed by atoms with E-state index in [1.54, 1.807) is 12.1 Å². The van der Waals surface area contributed by atoms with Crippen molar-refractivity contribution >= 4 is 34.8 Å². The highest BCUT2D eigenvalue weighted by molar-refractivity contribution is 7.17. The number of amides is 2. The van der Waals surface area contributed by atoms with Crippen LogP contribution in [0.1, 0.15) is 20.0 Å². The molecule has 0 saturated carbocycles. The van der Waals surface area contributed by atoms with E-state index < -0.39 is 17.6 Å². The molecular weight excluding hydrogens is 291 g/mol. The van der Waals surface area contributed by atoms with Gasteiger partial charge in [-0.2, -0.15) is 0 Å². The van der Waals surface area contributed by atoms with E-state index in [1.165, 1.54) is 12.1 Å². The molecule has 0 aliphatic rings. The predicted molar refractivity (Wildman–Crippen MR) is 70.7 cm³/mol. The fourth-order valence-electron chi connectivity index (χ4n) is 1.28. The Balaban J connectivity index is 1.93. The first-order valence-electron chi connectivity index (χ1n) is 5.18. The van der Waals surface area contributed by atoms with Gasteiger partial charge in [0.1, 0.15) is 5.82 Å². The Morgan fingerprint density at radius 1 is 1.00 bits per heavy atom. The molecule has 0 radical (unpaired) electrons. The Labute approximate surface area is 117 Å². The van der Waals surface area contributed by atoms with Crippen molar-refractivity contribution in [3.63, 3.8) is 0 Å². The van der Waals surface area contributed by atoms with Crippen LogP contribution in [0, 0.1) is 5.82 Å². The fraction of sp³-hybridized carbons (Fsp3) is 0. The van der Waals surface area contributed by atoms with Gasteiger partial charge in [-0.05, 0) is 36.4 Å². The first kappa shape index (κ1) is 13.5. The SMILES string of the molecule is O=C(NNC(=O)c1ccc(Cl)s1)c1ccc(F)cc1. The lowest BCUT2D eigenvalue weighted by Gasteiger charge is -2.05. The van der Waals surface area contributed by atoms with Gasteiger partial charge in [-0.15, -0.1) is 11.3 Å². The molecule has 0 aliphatic carbocycles. The summed E-state index contributed by atoms with van der Waals surface area (Å²) < 4.78 is 13.2. The lowest BCUT2D eigenvalue weighted by molar-refractivity contribution is 0.0849. The summed E-state index contributed by atoms with van der Waals surface area (Å²) in [4.78, 5) is 23.6. The third-order valence-corrected chi connectivity index (χ3v) is 3.42. The summed E-state index contributed by atoms with van der Waals surface area (Å²) in [6.07, 6.45) is 0. The van der Waals surface area contributed by atoms with Gasteiger partial charge in [-0.3, -0.25) is 20.4 Å². The molecule has 98 valence electrons. The van der Waals surface area contributed by atoms with Crippen molar-refractivity contribution in [2.75, 3.05) is 0 Å². The fourth-order valence-corrected chi connectivity index (χ4v) is 2.22. The Morgan fingerprint density at radius 2 is 1.63 bits per heavy atom. The topological polar surface area (TPSA) is 58.2 Å². The number of benzene rings is 1. The third kappa shape index (κ3) is 3.52. The van der Waals surface area contributed by atoms with Crippen LogP contribution >= 0.6 is 22.9 Å². The molecule has 0 aliphatic heterocycles. The van der Waals surface area contributed by atoms with Gasteiger partial charge in [-0.25, -0.2) is 4.39 Å². The highest BCUT2D eigenvalue weighted by atomic mass is 35.5. The van der Waals surface area contributed by atoms with Crippen LogP contribution in [0.4, 0.5) is 4.39 Å². The van der Waals surface area contributed by atoms with Gasteiger partial charge >= 0.3 is 0 Å². The standard InChI is InChI=1S/C12H8ClFN2O2S/c13-10-6-5-9(19-10)12(18)16-15-11(17)7-1-3-8(14)4-2-7/h1-6H,(H,15,17)(H,16,18). The lowest BCUT2D eigenvalue weighted by Crippen LogP contribution is -2.41. The second-order valence-electron chi connectivity index (χ2n) is 3.52. The van der Waals surface area contributed by atoms with Crippen molar-refractivity contribution in [2.24, 2.45) is 0 Å². The van der Waals surface area contributed by atoms with Crippen molar-refractivity contribution in [3.8, 4) is 0 Å². The van der Waals surface area contributed by atoms with Crippen LogP contribution < -0.4 is 10.9 Å². The first-order valence-corrected chi connectivity index (χ1v) is 6.37. The van der Waals surface area contributed by atoms with Crippen molar-refractivity contribution < 1.29 is 14.0 Å². The number of thiophene rings is 1. The predicted octanol–water partition coefficient (Wildman–Crippen LogP) is 2.62. The van der Waals surface area contributed by atoms with E-state index >= 15 is 0 Å². The normalized spacial score (nSPS) is 10.0. The van der Waals surface area contributed by atoms with Crippen LogP contribution in [0.5, 0.6) is 0 Å². The molecule has 2 aromatic rings. The smallest absolute Gasteiger partial charge is 0.267 e. The van der Waals surface area contributed by atoms with E-state index in [4.69, 9.17) is 11.6 Å². The second-order valence-corrected chi connectivity index (χ2v) is 5.23. The zero-order valence-corrected chi connectivity index (χ0v) is 11.0. The number of carbonyl (C=O) groups is 2. The van der Waals surface area contributed by atoms with E-state index in [2.05, 4.69) is 10.9 Å². The molecule has 0 spiro atoms. The molecule has 1 aromatic heterocycles. The van der Waals surface area contributed by atoms with Gasteiger partial charge in [0, 0.05) is 5.56 Å². The number of hydrazine groups is 1. The number of nitrogens with one attached hydrogen (secondary N) is 2. The average Bonchev–Trinajstić information content (AvgIpc) is 2.83. The summed E-state index contributed by atoms with van der Waals surface area (Å²) in [5.41, 5.74) is 4.71. The Hall–Kier alpha value is -1.92. The van der Waals surface area contributed by atoms with E-state index in [9.17, 15) is 14.0 Å². The van der Waals surface area contributed by atoms with Crippen LogP contribution in [0.2, 0.25) is 4.34 Å². The van der Waals surface area contributed by atoms with Crippen LogP contribution in [0.15, 0.2) is 36.4 Å². The highest BCUT2D eigenvalue weighted by Gasteiger charge is 2.10. The van der Waals surface area contributed by atoms with Crippen LogP contribution in [-0.2, 0) is 0 Å². The van der Waals surface area contributed by atoms with E-state index in [-0.39, 0.29) is 5.56 Å². The van der Waals surface area contributed by atoms with Gasteiger partial charge in [0.2, 0.25) is 0 Å². The number of halogens is 2. The number of rotatable bonds is 2. The zero-order valence-electron chi connectivity index (χ0n) is 9.44. The summed E-state index contributed by atoms with van der Waals surface area (Å²) >= 11 is 6.79. The summed E-state index contributed by atoms with van der Waals surface area (Å²) in [5.74, 6) is -1.43. The van der Waals surface area contributed by atoms with Crippen molar-refractivity contribution in [2.45, 2.75) is 0 Å². The minimum Gasteiger partial charge on any atom is -0.267 e. The van der Waals surface area contributed by atoms with E-state index in [0.717, 1.165) is 23.5 Å². The first-order chi connectivity index (χ1) is 9.06. The largest absolute Gasteiger partial charge is 0.279 e. The molecule has 0 bridgehead atoms. The molecule has 2 rings (SSSR count). The molecule has 2 N–H and O–H groups in total. The molecule has 0 unspecified atom stereocenters. The van der Waals surface area contributed by atoms with Gasteiger partial charge in [-0.1, -0.05) is 11.6 Å². The molecule has 0 saturated heterocycles. The van der Waals surface area contributed by atoms with Crippen molar-refractivity contribution in [1.29, 1.82) is 0 Å². The minimum absolute atomic E-state index is 0.242. The van der Waals surface area contributed by atoms with Crippen LogP contribution in [0.3, 0.4) is 0 Å². The maximum absolute atomic E-state index is 12.7. The molecule has 0 atom stereocenters. The Morgan fingerprint density at radius 3 is 2.21 bits per heavy atom. The molecular formula is C12H8ClFN2O2S. The summed E-state index contributed by atoms with van der Waals surface area (Å²) in [6, 6.07) is 8.10. The van der Waals surface area contributed by atoms with Gasteiger partial charge < -0.3 is 0 Å². The third-order valence-electron chi connectivity index (χ3n) is 2.19. The molecule has 1 heterocycles. The summed E-state index contributed by atoms with van der Waals surface area (Å²) in [5, 5.41) is 0. The van der Waals surface area contributed by atoms with Crippen molar-refractivity contribution in [1.82, 2.24) is 10.9 Å². The number of hydrogen-bond donors (Lipinski definition) is 2. The summed E-state index contributed by atoms with van der Waals surface area (Å²) in [6.45, 7) is 0. The Bertz CT molecular complexity index is 612. The molecule has 2 amide bonds. The molecule has 7 heteroatoms. The lowest BCUT2D eigenvalue weighted by atomic mass is 10.2. The molecule has 1 aromatic carbocycles. The maximum atomic E-state index is 12.7. The Kier molecular flexibility index (Phi) is 4.13. The quantitative estimate of drug-likeness (QED) is 0.837. The van der Waals surface area contributed by atoms with Crippen molar-refractivity contribution in [3.05, 3.63) is 57.0 Å². The van der Waals surface area contributed by atoms with E-state index in [1.807, 2.05) is 0 Å². The number of hydrogen-bond acceptors (Lipinski definition) is 3. The molecule has 0 fully saturated rings. The molecule has 4 nitrogen and oxygen atoms in total.